The first-order chi connectivity index (χ1) is 6.77. The minimum absolute atomic E-state index is 0. The molecule has 0 N–H and O–H groups in total. The van der Waals surface area contributed by atoms with E-state index in [-0.39, 0.29) is 35.3 Å². The van der Waals surface area contributed by atoms with Crippen LogP contribution in [0.25, 0.3) is 0 Å². The first-order valence-electron chi connectivity index (χ1n) is 3.63. The van der Waals surface area contributed by atoms with Gasteiger partial charge in [-0.3, -0.25) is 0 Å². The quantitative estimate of drug-likeness (QED) is 0.267. The molecule has 0 bridgehead atoms. The molecule has 1 heterocycles. The molecule has 0 fully saturated rings. The summed E-state index contributed by atoms with van der Waals surface area (Å²) in [5.41, 5.74) is 0.232. The second kappa shape index (κ2) is 10.8. The summed E-state index contributed by atoms with van der Waals surface area (Å²) in [5, 5.41) is 0.780. The maximum absolute atomic E-state index is 10.9. The van der Waals surface area contributed by atoms with Gasteiger partial charge < -0.3 is 17.4 Å². The number of rotatable bonds is 2. The van der Waals surface area contributed by atoms with Crippen LogP contribution in [-0.4, -0.2) is 35.6 Å². The van der Waals surface area contributed by atoms with Gasteiger partial charge in [0.2, 0.25) is 0 Å². The van der Waals surface area contributed by atoms with Crippen molar-refractivity contribution >= 4 is 30.4 Å². The van der Waals surface area contributed by atoms with Crippen LogP contribution in [-0.2, 0) is 17.4 Å². The first kappa shape index (κ1) is 17.6. The number of thioether (sulfide) groups is 1. The molecule has 78 valence electrons. The molecule has 1 aromatic heterocycles. The van der Waals surface area contributed by atoms with Gasteiger partial charge in [0.1, 0.15) is 5.03 Å². The molecular weight excluding hydrogens is 243 g/mol. The molecule has 0 unspecified atom stereocenters. The molecule has 0 saturated heterocycles. The summed E-state index contributed by atoms with van der Waals surface area (Å²) in [7, 11) is 1.31. The van der Waals surface area contributed by atoms with Crippen LogP contribution in [0.3, 0.4) is 0 Å². The number of carbonyl (C=O) groups excluding carboxylic acids is 1. The topological polar surface area (TPSA) is 52.1 Å². The van der Waals surface area contributed by atoms with Gasteiger partial charge in [-0.1, -0.05) is 0 Å². The molecule has 0 radical (unpaired) electrons. The molecule has 0 amide bonds. The minimum Gasteiger partial charge on any atom is -0.796 e. The molecule has 0 spiro atoms. The van der Waals surface area contributed by atoms with E-state index in [9.17, 15) is 4.79 Å². The Bertz CT molecular complexity index is 282. The second-order valence-electron chi connectivity index (χ2n) is 1.94. The molecule has 0 aliphatic heterocycles. The molecule has 4 nitrogen and oxygen atoms in total. The predicted molar refractivity (Wildman–Crippen MR) is 58.4 cm³/mol. The van der Waals surface area contributed by atoms with Crippen LogP contribution in [0.15, 0.2) is 17.4 Å². The Morgan fingerprint density at radius 1 is 1.40 bits per heavy atom. The molecule has 0 atom stereocenters. The van der Waals surface area contributed by atoms with E-state index in [2.05, 4.69) is 27.3 Å². The first-order valence-corrected chi connectivity index (χ1v) is 5.67. The number of methoxy groups -OCH3 is 1. The van der Waals surface area contributed by atoms with E-state index >= 15 is 0 Å². The van der Waals surface area contributed by atoms with Crippen molar-refractivity contribution in [2.45, 2.75) is 5.03 Å². The number of ether oxygens (including phenoxy) is 1. The fourth-order valence-corrected chi connectivity index (χ4v) is 0.948. The summed E-state index contributed by atoms with van der Waals surface area (Å²) in [4.78, 5) is 18.7. The SMILES string of the molecule is COC(=O)c1cnc(SC)cn1.C[S-].[Na+]. The minimum atomic E-state index is -0.463. The number of hydrogen-bond acceptors (Lipinski definition) is 6. The van der Waals surface area contributed by atoms with Crippen molar-refractivity contribution in [2.75, 3.05) is 19.6 Å². The Hall–Kier alpha value is 0.250. The van der Waals surface area contributed by atoms with Crippen molar-refractivity contribution in [2.24, 2.45) is 0 Å². The average Bonchev–Trinajstić information content (AvgIpc) is 2.31. The normalized spacial score (nSPS) is 8.00. The Kier molecular flexibility index (Phi) is 12.6. The third-order valence-corrected chi connectivity index (χ3v) is 1.86. The van der Waals surface area contributed by atoms with Gasteiger partial charge in [0.15, 0.2) is 5.69 Å². The van der Waals surface area contributed by atoms with E-state index in [0.29, 0.717) is 0 Å². The molecule has 0 aliphatic rings. The zero-order chi connectivity index (χ0) is 11.0. The smallest absolute Gasteiger partial charge is 0.796 e. The number of carbonyl (C=O) groups is 1. The van der Waals surface area contributed by atoms with E-state index in [1.807, 2.05) is 6.26 Å². The van der Waals surface area contributed by atoms with E-state index in [1.54, 1.807) is 6.26 Å². The molecule has 0 aliphatic carbocycles. The van der Waals surface area contributed by atoms with Crippen LogP contribution in [0.4, 0.5) is 0 Å². The van der Waals surface area contributed by atoms with Gasteiger partial charge in [0.05, 0.1) is 19.5 Å². The Labute approximate surface area is 121 Å². The Morgan fingerprint density at radius 3 is 2.33 bits per heavy atom. The van der Waals surface area contributed by atoms with Crippen molar-refractivity contribution < 1.29 is 39.1 Å². The number of nitrogens with zero attached hydrogens (tertiary/aromatic N) is 2. The van der Waals surface area contributed by atoms with Crippen LogP contribution in [0.1, 0.15) is 10.5 Å². The fourth-order valence-electron chi connectivity index (χ4n) is 0.632. The van der Waals surface area contributed by atoms with Gasteiger partial charge in [0, 0.05) is 0 Å². The molecule has 1 rings (SSSR count). The van der Waals surface area contributed by atoms with Crippen molar-refractivity contribution in [3.05, 3.63) is 18.1 Å². The van der Waals surface area contributed by atoms with Crippen molar-refractivity contribution in [3.63, 3.8) is 0 Å². The van der Waals surface area contributed by atoms with Gasteiger partial charge >= 0.3 is 35.5 Å². The molecular formula is C8H11N2NaO2S2. The monoisotopic (exact) mass is 254 g/mol. The molecule has 0 aromatic carbocycles. The van der Waals surface area contributed by atoms with Crippen LogP contribution in [0.5, 0.6) is 0 Å². The van der Waals surface area contributed by atoms with Gasteiger partial charge in [-0.15, -0.1) is 11.8 Å². The van der Waals surface area contributed by atoms with Crippen LogP contribution < -0.4 is 29.6 Å². The third-order valence-electron chi connectivity index (χ3n) is 1.23. The van der Waals surface area contributed by atoms with Gasteiger partial charge in [-0.25, -0.2) is 14.8 Å². The van der Waals surface area contributed by atoms with Crippen molar-refractivity contribution in [1.29, 1.82) is 0 Å². The predicted octanol–water partition coefficient (Wildman–Crippen LogP) is -1.85. The largest absolute Gasteiger partial charge is 1.00 e. The zero-order valence-electron chi connectivity index (χ0n) is 9.18. The summed E-state index contributed by atoms with van der Waals surface area (Å²) in [5.74, 6) is -0.463. The number of aromatic nitrogens is 2. The Morgan fingerprint density at radius 2 is 2.00 bits per heavy atom. The summed E-state index contributed by atoms with van der Waals surface area (Å²) in [6.07, 6.45) is 6.41. The maximum Gasteiger partial charge on any atom is 1.00 e. The summed E-state index contributed by atoms with van der Waals surface area (Å²) in [6, 6.07) is 0. The summed E-state index contributed by atoms with van der Waals surface area (Å²) in [6.45, 7) is 0. The zero-order valence-corrected chi connectivity index (χ0v) is 12.8. The standard InChI is InChI=1S/C7H8N2O2S.CH4S.Na/c1-11-7(10)5-3-9-6(12-2)4-8-5;1-2;/h3-4H,1-2H3;2H,1H3;/q;;+1/p-1. The molecule has 0 saturated carbocycles. The molecule has 1 aromatic rings. The fraction of sp³-hybridized carbons (Fsp3) is 0.375. The van der Waals surface area contributed by atoms with E-state index in [1.165, 1.54) is 31.3 Å². The number of esters is 1. The summed E-state index contributed by atoms with van der Waals surface area (Å²) >= 11 is 5.55. The van der Waals surface area contributed by atoms with Crippen molar-refractivity contribution in [3.8, 4) is 0 Å². The average molecular weight is 254 g/mol. The molecule has 7 heteroatoms. The number of hydrogen-bond donors (Lipinski definition) is 0. The van der Waals surface area contributed by atoms with E-state index in [0.717, 1.165) is 5.03 Å². The van der Waals surface area contributed by atoms with Crippen LogP contribution in [0.2, 0.25) is 0 Å². The maximum atomic E-state index is 10.9. The van der Waals surface area contributed by atoms with Gasteiger partial charge in [-0.05, 0) is 6.26 Å². The van der Waals surface area contributed by atoms with Crippen LogP contribution >= 0.6 is 11.8 Å². The van der Waals surface area contributed by atoms with E-state index < -0.39 is 5.97 Å². The third kappa shape index (κ3) is 6.42. The van der Waals surface area contributed by atoms with Gasteiger partial charge in [0.25, 0.3) is 0 Å². The van der Waals surface area contributed by atoms with Gasteiger partial charge in [-0.2, -0.15) is 6.26 Å². The second-order valence-corrected chi connectivity index (χ2v) is 2.76. The summed E-state index contributed by atoms with van der Waals surface area (Å²) < 4.78 is 4.46. The van der Waals surface area contributed by atoms with E-state index in [4.69, 9.17) is 0 Å². The Balaban J connectivity index is 0. The molecule has 15 heavy (non-hydrogen) atoms. The van der Waals surface area contributed by atoms with Crippen LogP contribution in [0, 0.1) is 0 Å². The van der Waals surface area contributed by atoms with Crippen molar-refractivity contribution in [1.82, 2.24) is 9.97 Å².